The van der Waals surface area contributed by atoms with Crippen LogP contribution in [-0.2, 0) is 0 Å². The lowest BCUT2D eigenvalue weighted by Crippen LogP contribution is -2.20. The molecule has 0 heterocycles. The van der Waals surface area contributed by atoms with Gasteiger partial charge in [-0.15, -0.1) is 0 Å². The van der Waals surface area contributed by atoms with Crippen molar-refractivity contribution in [3.63, 3.8) is 0 Å². The standard InChI is InChI=1S/C11H25NS/c1-4-13-9-7-5-6-8-12-10-11(2)3/h11-12H,4-10H2,1-3H3. The second-order valence-electron chi connectivity index (χ2n) is 3.86. The van der Waals surface area contributed by atoms with Gasteiger partial charge in [0, 0.05) is 0 Å². The Kier molecular flexibility index (Phi) is 10.6. The molecule has 0 aliphatic carbocycles. The van der Waals surface area contributed by atoms with Crippen LogP contribution in [0, 0.1) is 5.92 Å². The lowest BCUT2D eigenvalue weighted by atomic mass is 10.2. The molecule has 0 saturated heterocycles. The van der Waals surface area contributed by atoms with Gasteiger partial charge in [-0.2, -0.15) is 11.8 Å². The van der Waals surface area contributed by atoms with Gasteiger partial charge in [0.1, 0.15) is 0 Å². The Bertz CT molecular complexity index is 94.1. The summed E-state index contributed by atoms with van der Waals surface area (Å²) in [6.45, 7) is 9.11. The summed E-state index contributed by atoms with van der Waals surface area (Å²) in [6, 6.07) is 0. The van der Waals surface area contributed by atoms with E-state index in [4.69, 9.17) is 0 Å². The van der Waals surface area contributed by atoms with Crippen molar-refractivity contribution in [2.75, 3.05) is 24.6 Å². The summed E-state index contributed by atoms with van der Waals surface area (Å²) in [7, 11) is 0. The SMILES string of the molecule is CCSCCCCCNCC(C)C. The van der Waals surface area contributed by atoms with Crippen molar-refractivity contribution >= 4 is 11.8 Å². The molecule has 0 spiro atoms. The summed E-state index contributed by atoms with van der Waals surface area (Å²) in [4.78, 5) is 0. The largest absolute Gasteiger partial charge is 0.316 e. The van der Waals surface area contributed by atoms with Crippen molar-refractivity contribution in [2.45, 2.75) is 40.0 Å². The lowest BCUT2D eigenvalue weighted by molar-refractivity contribution is 0.534. The predicted molar refractivity (Wildman–Crippen MR) is 64.6 cm³/mol. The van der Waals surface area contributed by atoms with E-state index in [0.29, 0.717) is 0 Å². The molecule has 0 amide bonds. The third-order valence-corrected chi connectivity index (χ3v) is 2.88. The topological polar surface area (TPSA) is 12.0 Å². The van der Waals surface area contributed by atoms with Gasteiger partial charge in [-0.3, -0.25) is 0 Å². The Morgan fingerprint density at radius 1 is 1.15 bits per heavy atom. The third-order valence-electron chi connectivity index (χ3n) is 1.90. The second kappa shape index (κ2) is 10.4. The maximum absolute atomic E-state index is 3.47. The summed E-state index contributed by atoms with van der Waals surface area (Å²) < 4.78 is 0. The number of thioether (sulfide) groups is 1. The molecular formula is C11H25NS. The zero-order chi connectivity index (χ0) is 9.94. The molecule has 0 atom stereocenters. The summed E-state index contributed by atoms with van der Waals surface area (Å²) in [5.74, 6) is 3.40. The lowest BCUT2D eigenvalue weighted by Gasteiger charge is -2.06. The van der Waals surface area contributed by atoms with Crippen molar-refractivity contribution in [1.82, 2.24) is 5.32 Å². The van der Waals surface area contributed by atoms with Crippen molar-refractivity contribution in [3.8, 4) is 0 Å². The number of nitrogens with one attached hydrogen (secondary N) is 1. The van der Waals surface area contributed by atoms with Gasteiger partial charge in [0.2, 0.25) is 0 Å². The minimum atomic E-state index is 0.788. The van der Waals surface area contributed by atoms with Crippen LogP contribution < -0.4 is 5.32 Å². The van der Waals surface area contributed by atoms with E-state index in [1.165, 1.54) is 43.9 Å². The van der Waals surface area contributed by atoms with E-state index in [9.17, 15) is 0 Å². The van der Waals surface area contributed by atoms with E-state index in [2.05, 4.69) is 37.8 Å². The Balaban J connectivity index is 2.84. The number of rotatable bonds is 9. The molecular weight excluding hydrogens is 178 g/mol. The van der Waals surface area contributed by atoms with Gasteiger partial charge < -0.3 is 5.32 Å². The van der Waals surface area contributed by atoms with Gasteiger partial charge in [-0.1, -0.05) is 27.2 Å². The number of hydrogen-bond donors (Lipinski definition) is 1. The van der Waals surface area contributed by atoms with Crippen LogP contribution in [-0.4, -0.2) is 24.6 Å². The molecule has 1 N–H and O–H groups in total. The summed E-state index contributed by atoms with van der Waals surface area (Å²) in [5.41, 5.74) is 0. The van der Waals surface area contributed by atoms with Crippen LogP contribution >= 0.6 is 11.8 Å². The van der Waals surface area contributed by atoms with Crippen molar-refractivity contribution < 1.29 is 0 Å². The highest BCUT2D eigenvalue weighted by Crippen LogP contribution is 2.04. The first-order chi connectivity index (χ1) is 6.27. The Hall–Kier alpha value is 0.310. The van der Waals surface area contributed by atoms with Gasteiger partial charge >= 0.3 is 0 Å². The molecule has 2 heteroatoms. The van der Waals surface area contributed by atoms with Crippen LogP contribution in [0.15, 0.2) is 0 Å². The van der Waals surface area contributed by atoms with Gasteiger partial charge in [-0.05, 0) is 43.4 Å². The zero-order valence-corrected chi connectivity index (χ0v) is 10.3. The molecule has 0 aliphatic heterocycles. The minimum Gasteiger partial charge on any atom is -0.316 e. The van der Waals surface area contributed by atoms with E-state index in [0.717, 1.165) is 5.92 Å². The summed E-state index contributed by atoms with van der Waals surface area (Å²) in [5, 5.41) is 3.47. The molecule has 1 nitrogen and oxygen atoms in total. The number of unbranched alkanes of at least 4 members (excludes halogenated alkanes) is 2. The predicted octanol–water partition coefficient (Wildman–Crippen LogP) is 3.16. The molecule has 0 unspecified atom stereocenters. The average Bonchev–Trinajstić information content (AvgIpc) is 2.09. The molecule has 13 heavy (non-hydrogen) atoms. The normalized spacial score (nSPS) is 11.1. The zero-order valence-electron chi connectivity index (χ0n) is 9.44. The smallest absolute Gasteiger partial charge is 0.00258 e. The van der Waals surface area contributed by atoms with Gasteiger partial charge in [-0.25, -0.2) is 0 Å². The molecule has 0 rings (SSSR count). The molecule has 0 radical (unpaired) electrons. The fraction of sp³-hybridized carbons (Fsp3) is 1.00. The molecule has 0 fully saturated rings. The van der Waals surface area contributed by atoms with Crippen molar-refractivity contribution in [1.29, 1.82) is 0 Å². The molecule has 80 valence electrons. The van der Waals surface area contributed by atoms with Crippen LogP contribution in [0.25, 0.3) is 0 Å². The number of hydrogen-bond acceptors (Lipinski definition) is 2. The van der Waals surface area contributed by atoms with Crippen molar-refractivity contribution in [2.24, 2.45) is 5.92 Å². The first-order valence-corrected chi connectivity index (χ1v) is 6.71. The molecule has 0 aromatic carbocycles. The molecule has 0 aromatic rings. The van der Waals surface area contributed by atoms with Crippen LogP contribution in [0.1, 0.15) is 40.0 Å². The maximum Gasteiger partial charge on any atom is -0.00258 e. The van der Waals surface area contributed by atoms with E-state index >= 15 is 0 Å². The van der Waals surface area contributed by atoms with Crippen LogP contribution in [0.4, 0.5) is 0 Å². The highest BCUT2D eigenvalue weighted by molar-refractivity contribution is 7.99. The van der Waals surface area contributed by atoms with Gasteiger partial charge in [0.15, 0.2) is 0 Å². The average molecular weight is 203 g/mol. The van der Waals surface area contributed by atoms with E-state index in [-0.39, 0.29) is 0 Å². The fourth-order valence-corrected chi connectivity index (χ4v) is 1.86. The van der Waals surface area contributed by atoms with Gasteiger partial charge in [0.25, 0.3) is 0 Å². The van der Waals surface area contributed by atoms with Crippen molar-refractivity contribution in [3.05, 3.63) is 0 Å². The monoisotopic (exact) mass is 203 g/mol. The van der Waals surface area contributed by atoms with E-state index in [1.807, 2.05) is 0 Å². The second-order valence-corrected chi connectivity index (χ2v) is 5.25. The minimum absolute atomic E-state index is 0.788. The van der Waals surface area contributed by atoms with E-state index < -0.39 is 0 Å². The maximum atomic E-state index is 3.47. The van der Waals surface area contributed by atoms with Crippen LogP contribution in [0.5, 0.6) is 0 Å². The highest BCUT2D eigenvalue weighted by Gasteiger charge is 1.92. The Morgan fingerprint density at radius 3 is 2.54 bits per heavy atom. The highest BCUT2D eigenvalue weighted by atomic mass is 32.2. The Morgan fingerprint density at radius 2 is 1.92 bits per heavy atom. The molecule has 0 bridgehead atoms. The summed E-state index contributed by atoms with van der Waals surface area (Å²) in [6.07, 6.45) is 4.12. The van der Waals surface area contributed by atoms with Crippen LogP contribution in [0.3, 0.4) is 0 Å². The molecule has 0 aliphatic rings. The molecule has 0 aromatic heterocycles. The van der Waals surface area contributed by atoms with Gasteiger partial charge in [0.05, 0.1) is 0 Å². The fourth-order valence-electron chi connectivity index (χ4n) is 1.17. The van der Waals surface area contributed by atoms with E-state index in [1.54, 1.807) is 0 Å². The Labute approximate surface area is 88.1 Å². The first-order valence-electron chi connectivity index (χ1n) is 5.55. The molecule has 0 saturated carbocycles. The quantitative estimate of drug-likeness (QED) is 0.578. The summed E-state index contributed by atoms with van der Waals surface area (Å²) >= 11 is 2.06. The first kappa shape index (κ1) is 13.3. The third kappa shape index (κ3) is 12.3. The van der Waals surface area contributed by atoms with Crippen LogP contribution in [0.2, 0.25) is 0 Å².